The standard InChI is InChI=1S/C14H21BrN2/c1-11-5-6-14(13(15)10-11)17-9-3-2-4-12(17)7-8-16/h5-6,10,12H,2-4,7-9,16H2,1H3. The van der Waals surface area contributed by atoms with E-state index >= 15 is 0 Å². The van der Waals surface area contributed by atoms with Crippen molar-refractivity contribution in [2.75, 3.05) is 18.0 Å². The van der Waals surface area contributed by atoms with Crippen molar-refractivity contribution in [1.29, 1.82) is 0 Å². The van der Waals surface area contributed by atoms with Crippen molar-refractivity contribution in [2.24, 2.45) is 5.73 Å². The fourth-order valence-corrected chi connectivity index (χ4v) is 3.38. The van der Waals surface area contributed by atoms with Crippen LogP contribution >= 0.6 is 15.9 Å². The van der Waals surface area contributed by atoms with Gasteiger partial charge in [-0.2, -0.15) is 0 Å². The highest BCUT2D eigenvalue weighted by molar-refractivity contribution is 9.10. The lowest BCUT2D eigenvalue weighted by Crippen LogP contribution is -2.41. The monoisotopic (exact) mass is 296 g/mol. The molecule has 1 atom stereocenters. The molecule has 1 fully saturated rings. The summed E-state index contributed by atoms with van der Waals surface area (Å²) in [5.74, 6) is 0. The lowest BCUT2D eigenvalue weighted by Gasteiger charge is -2.38. The third-order valence-electron chi connectivity index (χ3n) is 3.54. The third-order valence-corrected chi connectivity index (χ3v) is 4.17. The van der Waals surface area contributed by atoms with E-state index in [0.29, 0.717) is 6.04 Å². The summed E-state index contributed by atoms with van der Waals surface area (Å²) < 4.78 is 1.21. The quantitative estimate of drug-likeness (QED) is 0.925. The van der Waals surface area contributed by atoms with Crippen LogP contribution in [-0.2, 0) is 0 Å². The van der Waals surface area contributed by atoms with Crippen LogP contribution in [0, 0.1) is 6.92 Å². The van der Waals surface area contributed by atoms with E-state index in [4.69, 9.17) is 5.73 Å². The van der Waals surface area contributed by atoms with Gasteiger partial charge in [0.05, 0.1) is 5.69 Å². The minimum absolute atomic E-state index is 0.618. The Kier molecular flexibility index (Phi) is 4.46. The molecule has 1 aromatic carbocycles. The Labute approximate surface area is 112 Å². The topological polar surface area (TPSA) is 29.3 Å². The molecule has 1 aliphatic rings. The number of anilines is 1. The highest BCUT2D eigenvalue weighted by Gasteiger charge is 2.23. The van der Waals surface area contributed by atoms with Gasteiger partial charge in [0.1, 0.15) is 0 Å². The van der Waals surface area contributed by atoms with E-state index < -0.39 is 0 Å². The number of hydrogen-bond acceptors (Lipinski definition) is 2. The number of nitrogens with zero attached hydrogens (tertiary/aromatic N) is 1. The van der Waals surface area contributed by atoms with Crippen molar-refractivity contribution in [3.8, 4) is 0 Å². The van der Waals surface area contributed by atoms with Gasteiger partial charge in [-0.1, -0.05) is 6.07 Å². The van der Waals surface area contributed by atoms with Crippen molar-refractivity contribution in [2.45, 2.75) is 38.6 Å². The lowest BCUT2D eigenvalue weighted by molar-refractivity contribution is 0.441. The zero-order valence-corrected chi connectivity index (χ0v) is 12.0. The molecule has 2 N–H and O–H groups in total. The SMILES string of the molecule is Cc1ccc(N2CCCCC2CCN)c(Br)c1. The fraction of sp³-hybridized carbons (Fsp3) is 0.571. The Morgan fingerprint density at radius 2 is 2.24 bits per heavy atom. The van der Waals surface area contributed by atoms with Gasteiger partial charge in [0, 0.05) is 17.1 Å². The van der Waals surface area contributed by atoms with Crippen LogP contribution in [0.25, 0.3) is 0 Å². The minimum atomic E-state index is 0.618. The van der Waals surface area contributed by atoms with Crippen LogP contribution in [0.3, 0.4) is 0 Å². The first-order chi connectivity index (χ1) is 8.22. The Bertz CT molecular complexity index is 376. The molecule has 0 radical (unpaired) electrons. The summed E-state index contributed by atoms with van der Waals surface area (Å²) in [5.41, 5.74) is 8.35. The number of halogens is 1. The molecule has 0 aliphatic carbocycles. The number of aryl methyl sites for hydroxylation is 1. The minimum Gasteiger partial charge on any atom is -0.368 e. The van der Waals surface area contributed by atoms with E-state index in [-0.39, 0.29) is 0 Å². The average Bonchev–Trinajstić information content (AvgIpc) is 2.31. The van der Waals surface area contributed by atoms with Crippen molar-refractivity contribution < 1.29 is 0 Å². The van der Waals surface area contributed by atoms with Gasteiger partial charge >= 0.3 is 0 Å². The van der Waals surface area contributed by atoms with Gasteiger partial charge < -0.3 is 10.6 Å². The van der Waals surface area contributed by atoms with Crippen molar-refractivity contribution >= 4 is 21.6 Å². The summed E-state index contributed by atoms with van der Waals surface area (Å²) in [6.07, 6.45) is 5.00. The Balaban J connectivity index is 2.23. The summed E-state index contributed by atoms with van der Waals surface area (Å²) in [6.45, 7) is 4.07. The van der Waals surface area contributed by atoms with Crippen LogP contribution in [0.5, 0.6) is 0 Å². The molecule has 0 aromatic heterocycles. The second kappa shape index (κ2) is 5.87. The zero-order valence-electron chi connectivity index (χ0n) is 10.5. The van der Waals surface area contributed by atoms with Gasteiger partial charge in [-0.25, -0.2) is 0 Å². The van der Waals surface area contributed by atoms with E-state index in [1.807, 2.05) is 0 Å². The largest absolute Gasteiger partial charge is 0.368 e. The third kappa shape index (κ3) is 3.02. The number of nitrogens with two attached hydrogens (primary N) is 1. The maximum absolute atomic E-state index is 5.72. The second-order valence-electron chi connectivity index (χ2n) is 4.88. The van der Waals surface area contributed by atoms with E-state index in [2.05, 4.69) is 46.0 Å². The number of hydrogen-bond donors (Lipinski definition) is 1. The molecule has 0 amide bonds. The molecule has 0 saturated carbocycles. The maximum atomic E-state index is 5.72. The van der Waals surface area contributed by atoms with E-state index in [9.17, 15) is 0 Å². The molecular formula is C14H21BrN2. The summed E-state index contributed by atoms with van der Waals surface area (Å²) in [6, 6.07) is 7.24. The Hall–Kier alpha value is -0.540. The zero-order chi connectivity index (χ0) is 12.3. The van der Waals surface area contributed by atoms with Crippen molar-refractivity contribution in [3.63, 3.8) is 0 Å². The number of benzene rings is 1. The second-order valence-corrected chi connectivity index (χ2v) is 5.73. The predicted molar refractivity (Wildman–Crippen MR) is 77.5 cm³/mol. The predicted octanol–water partition coefficient (Wildman–Crippen LogP) is 3.47. The lowest BCUT2D eigenvalue weighted by atomic mass is 9.98. The molecule has 1 saturated heterocycles. The molecule has 94 valence electrons. The number of rotatable bonds is 3. The van der Waals surface area contributed by atoms with E-state index in [1.165, 1.54) is 35.0 Å². The van der Waals surface area contributed by atoms with Crippen LogP contribution < -0.4 is 10.6 Å². The molecule has 2 rings (SSSR count). The van der Waals surface area contributed by atoms with Gasteiger partial charge in [-0.15, -0.1) is 0 Å². The molecule has 2 nitrogen and oxygen atoms in total. The molecule has 0 bridgehead atoms. The molecule has 1 aliphatic heterocycles. The van der Waals surface area contributed by atoms with Gasteiger partial charge in [0.2, 0.25) is 0 Å². The van der Waals surface area contributed by atoms with E-state index in [0.717, 1.165) is 19.5 Å². The van der Waals surface area contributed by atoms with Gasteiger partial charge in [-0.3, -0.25) is 0 Å². The fourth-order valence-electron chi connectivity index (χ4n) is 2.66. The molecule has 17 heavy (non-hydrogen) atoms. The van der Waals surface area contributed by atoms with Crippen molar-refractivity contribution in [3.05, 3.63) is 28.2 Å². The molecule has 1 aromatic rings. The average molecular weight is 297 g/mol. The number of piperidine rings is 1. The van der Waals surface area contributed by atoms with Crippen LogP contribution in [-0.4, -0.2) is 19.1 Å². The van der Waals surface area contributed by atoms with Crippen LogP contribution in [0.15, 0.2) is 22.7 Å². The van der Waals surface area contributed by atoms with Gasteiger partial charge in [0.25, 0.3) is 0 Å². The van der Waals surface area contributed by atoms with Gasteiger partial charge in [-0.05, 0) is 72.8 Å². The maximum Gasteiger partial charge on any atom is 0.0513 e. The summed E-state index contributed by atoms with van der Waals surface area (Å²) in [4.78, 5) is 2.53. The van der Waals surface area contributed by atoms with Crippen LogP contribution in [0.1, 0.15) is 31.2 Å². The molecule has 0 spiro atoms. The summed E-state index contributed by atoms with van der Waals surface area (Å²) in [7, 11) is 0. The molecule has 1 unspecified atom stereocenters. The molecular weight excluding hydrogens is 276 g/mol. The Morgan fingerprint density at radius 3 is 2.94 bits per heavy atom. The van der Waals surface area contributed by atoms with Crippen LogP contribution in [0.4, 0.5) is 5.69 Å². The van der Waals surface area contributed by atoms with E-state index in [1.54, 1.807) is 0 Å². The highest BCUT2D eigenvalue weighted by atomic mass is 79.9. The smallest absolute Gasteiger partial charge is 0.0513 e. The summed E-state index contributed by atoms with van der Waals surface area (Å²) in [5, 5.41) is 0. The first-order valence-corrected chi connectivity index (χ1v) is 7.24. The van der Waals surface area contributed by atoms with Crippen molar-refractivity contribution in [1.82, 2.24) is 0 Å². The normalized spacial score (nSPS) is 20.6. The molecule has 1 heterocycles. The highest BCUT2D eigenvalue weighted by Crippen LogP contribution is 2.32. The van der Waals surface area contributed by atoms with Crippen LogP contribution in [0.2, 0.25) is 0 Å². The molecule has 3 heteroatoms. The first kappa shape index (κ1) is 12.9. The van der Waals surface area contributed by atoms with Gasteiger partial charge in [0.15, 0.2) is 0 Å². The summed E-state index contributed by atoms with van der Waals surface area (Å²) >= 11 is 3.69. The first-order valence-electron chi connectivity index (χ1n) is 6.45. The Morgan fingerprint density at radius 1 is 1.41 bits per heavy atom.